The maximum atomic E-state index is 12.1. The van der Waals surface area contributed by atoms with E-state index in [4.69, 9.17) is 5.26 Å². The van der Waals surface area contributed by atoms with Gasteiger partial charge in [0, 0.05) is 13.1 Å². The van der Waals surface area contributed by atoms with Gasteiger partial charge in [0.05, 0.1) is 11.6 Å². The number of halogens is 2. The number of rotatable bonds is 6. The largest absolute Gasteiger partial charge is 0.338 e. The molecule has 0 bridgehead atoms. The monoisotopic (exact) mass is 279 g/mol. The SMILES string of the molecule is C=C(CCNC(=O)NCc1cccc(C#N)c1)C(F)F. The Morgan fingerprint density at radius 1 is 1.40 bits per heavy atom. The summed E-state index contributed by atoms with van der Waals surface area (Å²) in [7, 11) is 0. The summed E-state index contributed by atoms with van der Waals surface area (Å²) in [5.74, 6) is 0. The third kappa shape index (κ3) is 5.48. The summed E-state index contributed by atoms with van der Waals surface area (Å²) in [6, 6.07) is 8.39. The Balaban J connectivity index is 2.29. The highest BCUT2D eigenvalue weighted by Crippen LogP contribution is 2.08. The Bertz CT molecular complexity index is 523. The topological polar surface area (TPSA) is 64.9 Å². The Morgan fingerprint density at radius 3 is 2.80 bits per heavy atom. The van der Waals surface area contributed by atoms with E-state index in [1.54, 1.807) is 24.3 Å². The average molecular weight is 279 g/mol. The Morgan fingerprint density at radius 2 is 2.15 bits per heavy atom. The molecule has 0 aliphatic rings. The molecule has 0 aliphatic carbocycles. The van der Waals surface area contributed by atoms with Crippen LogP contribution < -0.4 is 10.6 Å². The van der Waals surface area contributed by atoms with Crippen molar-refractivity contribution in [3.05, 3.63) is 47.5 Å². The summed E-state index contributed by atoms with van der Waals surface area (Å²) in [6.07, 6.45) is -2.52. The van der Waals surface area contributed by atoms with E-state index in [9.17, 15) is 13.6 Å². The molecule has 1 rings (SSSR count). The van der Waals surface area contributed by atoms with Crippen LogP contribution in [0.5, 0.6) is 0 Å². The number of nitrogens with one attached hydrogen (secondary N) is 2. The van der Waals surface area contributed by atoms with Gasteiger partial charge in [-0.3, -0.25) is 0 Å². The van der Waals surface area contributed by atoms with Gasteiger partial charge in [-0.25, -0.2) is 13.6 Å². The summed E-state index contributed by atoms with van der Waals surface area (Å²) in [5, 5.41) is 13.8. The van der Waals surface area contributed by atoms with E-state index < -0.39 is 12.5 Å². The molecule has 0 atom stereocenters. The lowest BCUT2D eigenvalue weighted by Crippen LogP contribution is -2.35. The Labute approximate surface area is 116 Å². The van der Waals surface area contributed by atoms with Crippen LogP contribution in [-0.4, -0.2) is 19.0 Å². The number of nitriles is 1. The average Bonchev–Trinajstić information content (AvgIpc) is 2.45. The van der Waals surface area contributed by atoms with Crippen LogP contribution in [0.4, 0.5) is 13.6 Å². The quantitative estimate of drug-likeness (QED) is 0.786. The number of carbonyl (C=O) groups excluding carboxylic acids is 1. The van der Waals surface area contributed by atoms with Gasteiger partial charge in [-0.1, -0.05) is 18.7 Å². The summed E-state index contributed by atoms with van der Waals surface area (Å²) in [5.41, 5.74) is 1.10. The first-order valence-electron chi connectivity index (χ1n) is 5.99. The van der Waals surface area contributed by atoms with Crippen LogP contribution in [-0.2, 0) is 6.54 Å². The molecular weight excluding hydrogens is 264 g/mol. The maximum absolute atomic E-state index is 12.1. The van der Waals surface area contributed by atoms with Crippen LogP contribution >= 0.6 is 0 Å². The van der Waals surface area contributed by atoms with Gasteiger partial charge in [-0.05, 0) is 29.7 Å². The van der Waals surface area contributed by atoms with Crippen molar-refractivity contribution in [1.29, 1.82) is 5.26 Å². The molecule has 0 aromatic heterocycles. The van der Waals surface area contributed by atoms with Crippen molar-refractivity contribution in [2.24, 2.45) is 0 Å². The van der Waals surface area contributed by atoms with Gasteiger partial charge in [-0.2, -0.15) is 5.26 Å². The molecule has 0 heterocycles. The molecule has 20 heavy (non-hydrogen) atoms. The second kappa shape index (κ2) is 7.89. The number of carbonyl (C=O) groups is 1. The number of benzene rings is 1. The molecule has 6 heteroatoms. The van der Waals surface area contributed by atoms with Gasteiger partial charge in [0.25, 0.3) is 6.43 Å². The maximum Gasteiger partial charge on any atom is 0.315 e. The van der Waals surface area contributed by atoms with Gasteiger partial charge in [0.15, 0.2) is 0 Å². The van der Waals surface area contributed by atoms with E-state index in [1.807, 2.05) is 6.07 Å². The molecule has 1 aromatic rings. The Hall–Kier alpha value is -2.42. The fourth-order valence-corrected chi connectivity index (χ4v) is 1.44. The van der Waals surface area contributed by atoms with Crippen molar-refractivity contribution >= 4 is 6.03 Å². The standard InChI is InChI=1S/C14H15F2N3O/c1-10(13(15)16)5-6-18-14(20)19-9-12-4-2-3-11(7-12)8-17/h2-4,7,13H,1,5-6,9H2,(H2,18,19,20). The van der Waals surface area contributed by atoms with Crippen molar-refractivity contribution in [2.75, 3.05) is 6.54 Å². The summed E-state index contributed by atoms with van der Waals surface area (Å²) in [4.78, 5) is 11.4. The zero-order valence-corrected chi connectivity index (χ0v) is 10.8. The molecule has 0 spiro atoms. The summed E-state index contributed by atoms with van der Waals surface area (Å²) < 4.78 is 24.3. The van der Waals surface area contributed by atoms with Gasteiger partial charge < -0.3 is 10.6 Å². The lowest BCUT2D eigenvalue weighted by molar-refractivity contribution is 0.185. The fraction of sp³-hybridized carbons (Fsp3) is 0.286. The minimum absolute atomic E-state index is 0.0367. The number of urea groups is 1. The Kier molecular flexibility index (Phi) is 6.17. The molecular formula is C14H15F2N3O. The lowest BCUT2D eigenvalue weighted by Gasteiger charge is -2.08. The van der Waals surface area contributed by atoms with Crippen molar-refractivity contribution < 1.29 is 13.6 Å². The van der Waals surface area contributed by atoms with Crippen molar-refractivity contribution in [2.45, 2.75) is 19.4 Å². The lowest BCUT2D eigenvalue weighted by atomic mass is 10.1. The third-order valence-electron chi connectivity index (χ3n) is 2.55. The van der Waals surface area contributed by atoms with E-state index in [-0.39, 0.29) is 25.1 Å². The predicted molar refractivity (Wildman–Crippen MR) is 71.2 cm³/mol. The van der Waals surface area contributed by atoms with Crippen molar-refractivity contribution in [3.8, 4) is 6.07 Å². The molecule has 0 fully saturated rings. The second-order valence-electron chi connectivity index (χ2n) is 4.13. The van der Waals surface area contributed by atoms with Gasteiger partial charge >= 0.3 is 6.03 Å². The van der Waals surface area contributed by atoms with E-state index >= 15 is 0 Å². The predicted octanol–water partition coefficient (Wildman–Crippen LogP) is 2.57. The minimum atomic E-state index is -2.56. The van der Waals surface area contributed by atoms with Crippen LogP contribution in [0.25, 0.3) is 0 Å². The fourth-order valence-electron chi connectivity index (χ4n) is 1.44. The van der Waals surface area contributed by atoms with Gasteiger partial charge in [-0.15, -0.1) is 0 Å². The van der Waals surface area contributed by atoms with Gasteiger partial charge in [0.2, 0.25) is 0 Å². The number of hydrogen-bond donors (Lipinski definition) is 2. The molecule has 0 unspecified atom stereocenters. The zero-order chi connectivity index (χ0) is 15.0. The highest BCUT2D eigenvalue weighted by molar-refractivity contribution is 5.73. The molecule has 0 saturated heterocycles. The highest BCUT2D eigenvalue weighted by Gasteiger charge is 2.08. The molecule has 0 radical (unpaired) electrons. The van der Waals surface area contributed by atoms with Gasteiger partial charge in [0.1, 0.15) is 0 Å². The number of alkyl halides is 2. The third-order valence-corrected chi connectivity index (χ3v) is 2.55. The summed E-state index contributed by atoms with van der Waals surface area (Å²) >= 11 is 0. The molecule has 4 nitrogen and oxygen atoms in total. The van der Waals surface area contributed by atoms with Crippen molar-refractivity contribution in [1.82, 2.24) is 10.6 Å². The van der Waals surface area contributed by atoms with Crippen LogP contribution in [0.2, 0.25) is 0 Å². The van der Waals surface area contributed by atoms with E-state index in [2.05, 4.69) is 17.2 Å². The van der Waals surface area contributed by atoms with E-state index in [0.717, 1.165) is 5.56 Å². The molecule has 2 N–H and O–H groups in total. The highest BCUT2D eigenvalue weighted by atomic mass is 19.3. The number of nitrogens with zero attached hydrogens (tertiary/aromatic N) is 1. The van der Waals surface area contributed by atoms with Crippen LogP contribution in [0, 0.1) is 11.3 Å². The van der Waals surface area contributed by atoms with Crippen LogP contribution in [0.15, 0.2) is 36.4 Å². The van der Waals surface area contributed by atoms with E-state index in [1.165, 1.54) is 0 Å². The van der Waals surface area contributed by atoms with Crippen LogP contribution in [0.1, 0.15) is 17.5 Å². The first-order valence-corrected chi connectivity index (χ1v) is 5.99. The smallest absolute Gasteiger partial charge is 0.315 e. The molecule has 106 valence electrons. The molecule has 2 amide bonds. The van der Waals surface area contributed by atoms with Crippen LogP contribution in [0.3, 0.4) is 0 Å². The zero-order valence-electron chi connectivity index (χ0n) is 10.8. The first-order chi connectivity index (χ1) is 9.52. The normalized spacial score (nSPS) is 9.90. The van der Waals surface area contributed by atoms with E-state index in [0.29, 0.717) is 5.56 Å². The molecule has 0 saturated carbocycles. The second-order valence-corrected chi connectivity index (χ2v) is 4.13. The first kappa shape index (κ1) is 15.6. The summed E-state index contributed by atoms with van der Waals surface area (Å²) in [6.45, 7) is 3.58. The number of hydrogen-bond acceptors (Lipinski definition) is 2. The molecule has 1 aromatic carbocycles. The van der Waals surface area contributed by atoms with Crippen molar-refractivity contribution in [3.63, 3.8) is 0 Å². The molecule has 0 aliphatic heterocycles. The minimum Gasteiger partial charge on any atom is -0.338 e. The number of amides is 2.